The Bertz CT molecular complexity index is 290. The molecule has 21 heavy (non-hydrogen) atoms. The van der Waals surface area contributed by atoms with Gasteiger partial charge >= 0.3 is 11.9 Å². The number of esters is 2. The van der Waals surface area contributed by atoms with Crippen LogP contribution in [0, 0.1) is 5.92 Å². The third-order valence-corrected chi connectivity index (χ3v) is 3.62. The van der Waals surface area contributed by atoms with Crippen molar-refractivity contribution in [1.82, 2.24) is 5.32 Å². The number of rotatable bonds is 13. The maximum Gasteiger partial charge on any atom is 0.309 e. The van der Waals surface area contributed by atoms with Crippen molar-refractivity contribution in [3.63, 3.8) is 0 Å². The Morgan fingerprint density at radius 2 is 1.81 bits per heavy atom. The van der Waals surface area contributed by atoms with Crippen LogP contribution in [0.5, 0.6) is 0 Å². The van der Waals surface area contributed by atoms with Gasteiger partial charge in [0.2, 0.25) is 0 Å². The Morgan fingerprint density at radius 3 is 2.48 bits per heavy atom. The summed E-state index contributed by atoms with van der Waals surface area (Å²) in [7, 11) is 0. The van der Waals surface area contributed by atoms with Crippen LogP contribution in [-0.4, -0.2) is 73.2 Å². The Morgan fingerprint density at radius 1 is 1.14 bits per heavy atom. The molecule has 0 aliphatic rings. The zero-order valence-corrected chi connectivity index (χ0v) is 13.2. The van der Waals surface area contributed by atoms with Gasteiger partial charge in [-0.2, -0.15) is 11.8 Å². The number of carbonyl (C=O) groups is 2. The zero-order chi connectivity index (χ0) is 15.9. The summed E-state index contributed by atoms with van der Waals surface area (Å²) < 4.78 is 9.53. The topological polar surface area (TPSA) is 105 Å². The van der Waals surface area contributed by atoms with Crippen LogP contribution < -0.4 is 5.32 Å². The van der Waals surface area contributed by atoms with Crippen molar-refractivity contribution in [1.29, 1.82) is 0 Å². The Labute approximate surface area is 129 Å². The van der Waals surface area contributed by atoms with Gasteiger partial charge in [-0.05, 0) is 0 Å². The Hall–Kier alpha value is -0.830. The second kappa shape index (κ2) is 14.1. The molecular formula is C13H25NO6S. The van der Waals surface area contributed by atoms with Gasteiger partial charge in [0.1, 0.15) is 13.2 Å². The predicted octanol–water partition coefficient (Wildman–Crippen LogP) is -0.594. The molecule has 0 aromatic carbocycles. The van der Waals surface area contributed by atoms with Crippen LogP contribution in [-0.2, 0) is 19.1 Å². The van der Waals surface area contributed by atoms with Crippen LogP contribution in [0.4, 0.5) is 0 Å². The van der Waals surface area contributed by atoms with E-state index in [0.29, 0.717) is 12.3 Å². The molecule has 0 rings (SSSR count). The standard InChI is InChI=1S/C13H25NO6S/c1-11(13(18)20-8-6-16)10-21-9-4-14-3-2-12(17)19-7-5-15/h11,14-16H,2-10H2,1H3. The summed E-state index contributed by atoms with van der Waals surface area (Å²) in [6.07, 6.45) is 0.272. The molecule has 124 valence electrons. The molecule has 0 spiro atoms. The van der Waals surface area contributed by atoms with E-state index in [2.05, 4.69) is 5.32 Å². The summed E-state index contributed by atoms with van der Waals surface area (Å²) in [5, 5.41) is 20.1. The lowest BCUT2D eigenvalue weighted by Gasteiger charge is -2.10. The van der Waals surface area contributed by atoms with Crippen LogP contribution in [0.3, 0.4) is 0 Å². The van der Waals surface area contributed by atoms with E-state index in [1.807, 2.05) is 0 Å². The first-order valence-electron chi connectivity index (χ1n) is 6.94. The van der Waals surface area contributed by atoms with E-state index in [4.69, 9.17) is 19.7 Å². The number of carbonyl (C=O) groups excluding carboxylic acids is 2. The molecule has 0 aromatic heterocycles. The molecule has 0 fully saturated rings. The normalized spacial score (nSPS) is 12.0. The lowest BCUT2D eigenvalue weighted by Crippen LogP contribution is -2.23. The molecule has 1 unspecified atom stereocenters. The molecule has 8 heteroatoms. The van der Waals surface area contributed by atoms with E-state index >= 15 is 0 Å². The van der Waals surface area contributed by atoms with Crippen LogP contribution in [0.2, 0.25) is 0 Å². The van der Waals surface area contributed by atoms with E-state index in [1.54, 1.807) is 18.7 Å². The van der Waals surface area contributed by atoms with Crippen LogP contribution >= 0.6 is 11.8 Å². The quantitative estimate of drug-likeness (QED) is 0.305. The molecule has 0 aromatic rings. The van der Waals surface area contributed by atoms with Gasteiger partial charge in [-0.3, -0.25) is 9.59 Å². The predicted molar refractivity (Wildman–Crippen MR) is 80.1 cm³/mol. The summed E-state index contributed by atoms with van der Waals surface area (Å²) in [5.74, 6) is 0.656. The number of ether oxygens (including phenoxy) is 2. The van der Waals surface area contributed by atoms with Crippen LogP contribution in [0.1, 0.15) is 13.3 Å². The first-order chi connectivity index (χ1) is 10.1. The molecule has 0 saturated heterocycles. The van der Waals surface area contributed by atoms with Crippen LogP contribution in [0.15, 0.2) is 0 Å². The average Bonchev–Trinajstić information content (AvgIpc) is 2.49. The van der Waals surface area contributed by atoms with Crippen molar-refractivity contribution in [3.05, 3.63) is 0 Å². The fourth-order valence-electron chi connectivity index (χ4n) is 1.31. The molecule has 3 N–H and O–H groups in total. The third kappa shape index (κ3) is 12.6. The molecule has 0 bridgehead atoms. The molecule has 0 heterocycles. The van der Waals surface area contributed by atoms with Gasteiger partial charge in [0.25, 0.3) is 0 Å². The summed E-state index contributed by atoms with van der Waals surface area (Å²) in [6.45, 7) is 2.82. The van der Waals surface area contributed by atoms with Crippen molar-refractivity contribution in [2.45, 2.75) is 13.3 Å². The van der Waals surface area contributed by atoms with Crippen molar-refractivity contribution < 1.29 is 29.3 Å². The number of aliphatic hydroxyl groups excluding tert-OH is 2. The summed E-state index contributed by atoms with van der Waals surface area (Å²) in [6, 6.07) is 0. The maximum atomic E-state index is 11.4. The highest BCUT2D eigenvalue weighted by Gasteiger charge is 2.13. The Balaban J connectivity index is 3.39. The van der Waals surface area contributed by atoms with Gasteiger partial charge in [-0.15, -0.1) is 0 Å². The van der Waals surface area contributed by atoms with Gasteiger partial charge in [0, 0.05) is 24.6 Å². The molecule has 0 saturated carbocycles. The first-order valence-corrected chi connectivity index (χ1v) is 8.09. The molecular weight excluding hydrogens is 298 g/mol. The highest BCUT2D eigenvalue weighted by Crippen LogP contribution is 2.09. The SMILES string of the molecule is CC(CSCCNCCC(=O)OCCO)C(=O)OCCO. The lowest BCUT2D eigenvalue weighted by molar-refractivity contribution is -0.148. The van der Waals surface area contributed by atoms with Gasteiger partial charge < -0.3 is 25.0 Å². The molecule has 0 aliphatic heterocycles. The second-order valence-electron chi connectivity index (χ2n) is 4.31. The summed E-state index contributed by atoms with van der Waals surface area (Å²) in [4.78, 5) is 22.5. The van der Waals surface area contributed by atoms with E-state index in [1.165, 1.54) is 0 Å². The minimum Gasteiger partial charge on any atom is -0.463 e. The van der Waals surface area contributed by atoms with Crippen molar-refractivity contribution >= 4 is 23.7 Å². The van der Waals surface area contributed by atoms with E-state index in [-0.39, 0.29) is 50.7 Å². The number of nitrogens with one attached hydrogen (secondary N) is 1. The fraction of sp³-hybridized carbons (Fsp3) is 0.846. The van der Waals surface area contributed by atoms with E-state index in [0.717, 1.165) is 12.3 Å². The van der Waals surface area contributed by atoms with Crippen LogP contribution in [0.25, 0.3) is 0 Å². The fourth-order valence-corrected chi connectivity index (χ4v) is 2.25. The smallest absolute Gasteiger partial charge is 0.309 e. The average molecular weight is 323 g/mol. The van der Waals surface area contributed by atoms with E-state index in [9.17, 15) is 9.59 Å². The second-order valence-corrected chi connectivity index (χ2v) is 5.46. The van der Waals surface area contributed by atoms with Crippen molar-refractivity contribution in [2.75, 3.05) is 51.0 Å². The minimum absolute atomic E-state index is 0.0406. The number of hydrogen-bond donors (Lipinski definition) is 3. The molecule has 1 atom stereocenters. The molecule has 0 amide bonds. The minimum atomic E-state index is -0.329. The highest BCUT2D eigenvalue weighted by molar-refractivity contribution is 7.99. The molecule has 0 radical (unpaired) electrons. The van der Waals surface area contributed by atoms with Gasteiger partial charge in [-0.25, -0.2) is 0 Å². The first kappa shape index (κ1) is 20.2. The summed E-state index contributed by atoms with van der Waals surface area (Å²) >= 11 is 1.62. The molecule has 7 nitrogen and oxygen atoms in total. The number of aliphatic hydroxyl groups is 2. The van der Waals surface area contributed by atoms with Gasteiger partial charge in [0.15, 0.2) is 0 Å². The molecule has 0 aliphatic carbocycles. The van der Waals surface area contributed by atoms with Crippen molar-refractivity contribution in [3.8, 4) is 0 Å². The number of hydrogen-bond acceptors (Lipinski definition) is 8. The van der Waals surface area contributed by atoms with Gasteiger partial charge in [-0.1, -0.05) is 6.92 Å². The monoisotopic (exact) mass is 323 g/mol. The lowest BCUT2D eigenvalue weighted by atomic mass is 10.2. The van der Waals surface area contributed by atoms with Gasteiger partial charge in [0.05, 0.1) is 25.6 Å². The maximum absolute atomic E-state index is 11.4. The number of thioether (sulfide) groups is 1. The third-order valence-electron chi connectivity index (χ3n) is 2.39. The van der Waals surface area contributed by atoms with Crippen molar-refractivity contribution in [2.24, 2.45) is 5.92 Å². The summed E-state index contributed by atoms with van der Waals surface area (Å²) in [5.41, 5.74) is 0. The largest absolute Gasteiger partial charge is 0.463 e. The zero-order valence-electron chi connectivity index (χ0n) is 12.4. The van der Waals surface area contributed by atoms with E-state index < -0.39 is 0 Å². The highest BCUT2D eigenvalue weighted by atomic mass is 32.2. The Kier molecular flexibility index (Phi) is 13.6.